The van der Waals surface area contributed by atoms with Gasteiger partial charge in [-0.3, -0.25) is 9.78 Å². The largest absolute Gasteiger partial charge is 0.494 e. The molecule has 4 aromatic rings. The van der Waals surface area contributed by atoms with Crippen LogP contribution in [-0.2, 0) is 4.74 Å². The molecule has 0 spiro atoms. The first-order valence-electron chi connectivity index (χ1n) is 13.7. The number of hydrogen-bond acceptors (Lipinski definition) is 8. The van der Waals surface area contributed by atoms with Crippen LogP contribution in [0.1, 0.15) is 35.2 Å². The van der Waals surface area contributed by atoms with Crippen molar-refractivity contribution in [1.82, 2.24) is 15.3 Å². The first kappa shape index (κ1) is 25.5. The molecule has 1 amide bonds. The van der Waals surface area contributed by atoms with Crippen molar-refractivity contribution in [3.05, 3.63) is 59.9 Å². The van der Waals surface area contributed by atoms with E-state index >= 15 is 0 Å². The Morgan fingerprint density at radius 2 is 2.17 bits per heavy atom. The first-order chi connectivity index (χ1) is 20.0. The Labute approximate surface area is 235 Å². The lowest BCUT2D eigenvalue weighted by molar-refractivity contribution is 0.0663. The third kappa shape index (κ3) is 4.46. The van der Waals surface area contributed by atoms with Crippen LogP contribution in [0.5, 0.6) is 5.75 Å². The van der Waals surface area contributed by atoms with E-state index in [0.29, 0.717) is 78.1 Å². The number of ether oxygens (including phenoxy) is 2. The molecule has 3 aromatic heterocycles. The van der Waals surface area contributed by atoms with Crippen molar-refractivity contribution < 1.29 is 23.1 Å². The summed E-state index contributed by atoms with van der Waals surface area (Å²) in [4.78, 5) is 24.0. The predicted octanol–water partition coefficient (Wildman–Crippen LogP) is 4.89. The van der Waals surface area contributed by atoms with Crippen molar-refractivity contribution in [1.29, 1.82) is 5.26 Å². The number of rotatable bonds is 6. The molecule has 2 unspecified atom stereocenters. The van der Waals surface area contributed by atoms with Gasteiger partial charge < -0.3 is 24.1 Å². The highest BCUT2D eigenvalue weighted by molar-refractivity contribution is 5.96. The average Bonchev–Trinajstić information content (AvgIpc) is 3.29. The number of carbonyl (C=O) groups is 1. The molecule has 41 heavy (non-hydrogen) atoms. The molecule has 208 valence electrons. The molecule has 3 atom stereocenters. The molecule has 3 fully saturated rings. The first-order valence-corrected chi connectivity index (χ1v) is 13.7. The lowest BCUT2D eigenvalue weighted by Gasteiger charge is -2.23. The number of aromatic nitrogens is 2. The lowest BCUT2D eigenvalue weighted by Crippen LogP contribution is -2.42. The van der Waals surface area contributed by atoms with E-state index in [1.54, 1.807) is 24.4 Å². The molecule has 1 N–H and O–H groups in total. The summed E-state index contributed by atoms with van der Waals surface area (Å²) in [6, 6.07) is 13.1. The molecule has 1 saturated carbocycles. The van der Waals surface area contributed by atoms with Crippen molar-refractivity contribution in [2.45, 2.75) is 31.0 Å². The summed E-state index contributed by atoms with van der Waals surface area (Å²) in [6.07, 6.45) is 4.55. The zero-order valence-electron chi connectivity index (χ0n) is 22.5. The number of furan rings is 1. The van der Waals surface area contributed by atoms with Crippen LogP contribution in [0, 0.1) is 17.2 Å². The maximum absolute atomic E-state index is 13.8. The van der Waals surface area contributed by atoms with Crippen LogP contribution >= 0.6 is 0 Å². The number of carbonyl (C=O) groups excluding carboxylic acids is 1. The number of nitrogens with one attached hydrogen (secondary N) is 1. The normalized spacial score (nSPS) is 23.2. The van der Waals surface area contributed by atoms with E-state index in [4.69, 9.17) is 13.9 Å². The predicted molar refractivity (Wildman–Crippen MR) is 149 cm³/mol. The van der Waals surface area contributed by atoms with Gasteiger partial charge in [0.1, 0.15) is 29.2 Å². The van der Waals surface area contributed by atoms with Crippen LogP contribution in [0.2, 0.25) is 0 Å². The van der Waals surface area contributed by atoms with Gasteiger partial charge in [0, 0.05) is 55.2 Å². The monoisotopic (exact) mass is 553 g/mol. The summed E-state index contributed by atoms with van der Waals surface area (Å²) in [5.74, 6) is 1.03. The second-order valence-corrected chi connectivity index (χ2v) is 11.0. The molecule has 2 saturated heterocycles. The molecule has 2 aliphatic heterocycles. The number of benzene rings is 1. The molecular formula is C31H28FN5O4. The second kappa shape index (κ2) is 9.85. The molecule has 0 bridgehead atoms. The van der Waals surface area contributed by atoms with E-state index in [1.807, 2.05) is 23.1 Å². The van der Waals surface area contributed by atoms with Gasteiger partial charge in [0.15, 0.2) is 11.3 Å². The Hall–Kier alpha value is -4.49. The summed E-state index contributed by atoms with van der Waals surface area (Å²) < 4.78 is 31.2. The van der Waals surface area contributed by atoms with Gasteiger partial charge in [-0.05, 0) is 49.1 Å². The smallest absolute Gasteiger partial charge is 0.253 e. The van der Waals surface area contributed by atoms with E-state index in [0.717, 1.165) is 29.7 Å². The maximum atomic E-state index is 13.8. The number of nitrogens with zero attached hydrogens (tertiary/aromatic N) is 4. The Kier molecular flexibility index (Phi) is 6.12. The third-order valence-electron chi connectivity index (χ3n) is 8.49. The quantitative estimate of drug-likeness (QED) is 0.359. The van der Waals surface area contributed by atoms with E-state index in [-0.39, 0.29) is 11.4 Å². The van der Waals surface area contributed by atoms with Gasteiger partial charge in [-0.15, -0.1) is 0 Å². The van der Waals surface area contributed by atoms with Gasteiger partial charge in [0.25, 0.3) is 5.91 Å². The number of anilines is 1. The van der Waals surface area contributed by atoms with Gasteiger partial charge in [-0.25, -0.2) is 9.37 Å². The summed E-state index contributed by atoms with van der Waals surface area (Å²) >= 11 is 0. The Morgan fingerprint density at radius 1 is 1.27 bits per heavy atom. The van der Waals surface area contributed by atoms with Crippen LogP contribution in [0.25, 0.3) is 33.7 Å². The van der Waals surface area contributed by atoms with Crippen molar-refractivity contribution in [2.75, 3.05) is 38.3 Å². The summed E-state index contributed by atoms with van der Waals surface area (Å²) in [6.45, 7) is 2.21. The minimum atomic E-state index is -0.881. The Bertz CT molecular complexity index is 1710. The van der Waals surface area contributed by atoms with Gasteiger partial charge in [0.2, 0.25) is 0 Å². The molecule has 3 aliphatic rings. The highest BCUT2D eigenvalue weighted by Gasteiger charge is 2.56. The molecular weight excluding hydrogens is 525 g/mol. The van der Waals surface area contributed by atoms with E-state index in [9.17, 15) is 14.4 Å². The number of halogens is 1. The molecule has 1 aliphatic carbocycles. The van der Waals surface area contributed by atoms with Gasteiger partial charge >= 0.3 is 0 Å². The zero-order valence-corrected chi connectivity index (χ0v) is 22.5. The molecule has 5 heterocycles. The number of amides is 1. The van der Waals surface area contributed by atoms with Crippen molar-refractivity contribution in [2.24, 2.45) is 5.92 Å². The average molecular weight is 554 g/mol. The summed E-state index contributed by atoms with van der Waals surface area (Å²) in [7, 11) is 1.53. The van der Waals surface area contributed by atoms with Gasteiger partial charge in [-0.1, -0.05) is 6.07 Å². The second-order valence-electron chi connectivity index (χ2n) is 11.0. The van der Waals surface area contributed by atoms with Crippen LogP contribution in [0.4, 0.5) is 10.1 Å². The Morgan fingerprint density at radius 3 is 2.95 bits per heavy atom. The fraction of sp³-hybridized carbons (Fsp3) is 0.355. The zero-order chi connectivity index (χ0) is 28.1. The number of pyridine rings is 2. The van der Waals surface area contributed by atoms with Crippen LogP contribution in [0.15, 0.2) is 53.2 Å². The lowest BCUT2D eigenvalue weighted by atomic mass is 10.0. The van der Waals surface area contributed by atoms with Crippen LogP contribution < -0.4 is 15.0 Å². The fourth-order valence-electron chi connectivity index (χ4n) is 6.10. The molecule has 1 aromatic carbocycles. The van der Waals surface area contributed by atoms with E-state index in [2.05, 4.69) is 21.4 Å². The third-order valence-corrected chi connectivity index (χ3v) is 8.49. The molecule has 9 nitrogen and oxygen atoms in total. The minimum absolute atomic E-state index is 0.171. The van der Waals surface area contributed by atoms with E-state index < -0.39 is 6.17 Å². The van der Waals surface area contributed by atoms with Crippen molar-refractivity contribution in [3.8, 4) is 34.4 Å². The van der Waals surface area contributed by atoms with Gasteiger partial charge in [-0.2, -0.15) is 5.26 Å². The van der Waals surface area contributed by atoms with Gasteiger partial charge in [0.05, 0.1) is 30.5 Å². The number of nitriles is 1. The molecule has 10 heteroatoms. The number of alkyl halides is 1. The van der Waals surface area contributed by atoms with Crippen LogP contribution in [-0.4, -0.2) is 61.0 Å². The van der Waals surface area contributed by atoms with Crippen LogP contribution in [0.3, 0.4) is 0 Å². The van der Waals surface area contributed by atoms with E-state index in [1.165, 1.54) is 13.3 Å². The van der Waals surface area contributed by atoms with Crippen molar-refractivity contribution in [3.63, 3.8) is 0 Å². The maximum Gasteiger partial charge on any atom is 0.253 e. The number of methoxy groups -OCH3 is 1. The molecule has 7 rings (SSSR count). The highest BCUT2D eigenvalue weighted by atomic mass is 19.1. The highest BCUT2D eigenvalue weighted by Crippen LogP contribution is 2.49. The SMILES string of the molecule is COc1cc(C(=O)NC23CCOCC2C3)cnc1-c1cc2nccc(-c3ccc(N4CC[C@H](F)C4)c(C#N)c3)c2o1. The topological polar surface area (TPSA) is 114 Å². The summed E-state index contributed by atoms with van der Waals surface area (Å²) in [5, 5.41) is 13.0. The van der Waals surface area contributed by atoms with Crippen molar-refractivity contribution >= 4 is 22.7 Å². The fourth-order valence-corrected chi connectivity index (χ4v) is 6.10. The minimum Gasteiger partial charge on any atom is -0.494 e. The standard InChI is InChI=1S/C31H28FN5O4/c1-39-26-11-20(30(38)36-31-6-9-40-17-21(31)13-31)15-35-28(26)27-12-24-29(41-27)23(4-7-34-24)18-2-3-25(19(10-18)14-33)37-8-5-22(32)16-37/h2-4,7,10-12,15,21-22H,5-6,8-9,13,16-17H2,1H3,(H,36,38)/t21?,22-,31?/m0/s1. The summed E-state index contributed by atoms with van der Waals surface area (Å²) in [5.41, 5.74) is 4.59. The Balaban J connectivity index is 1.19. The number of hydrogen-bond donors (Lipinski definition) is 1. The molecule has 0 radical (unpaired) electrons. The number of fused-ring (bicyclic) bond motifs is 2.